The van der Waals surface area contributed by atoms with Gasteiger partial charge in [-0.2, -0.15) is 0 Å². The summed E-state index contributed by atoms with van der Waals surface area (Å²) in [6.45, 7) is 0. The van der Waals surface area contributed by atoms with Gasteiger partial charge in [0.25, 0.3) is 0 Å². The van der Waals surface area contributed by atoms with Gasteiger partial charge in [0.15, 0.2) is 0 Å². The second-order valence-corrected chi connectivity index (χ2v) is 0. The third-order valence-corrected chi connectivity index (χ3v) is 0. The SMILES string of the molecule is O.O.[Co].[SnH4]. The molecule has 0 aromatic carbocycles. The summed E-state index contributed by atoms with van der Waals surface area (Å²) in [7, 11) is 0. The van der Waals surface area contributed by atoms with Gasteiger partial charge in [-0.15, -0.1) is 0 Å². The molecule has 0 saturated heterocycles. The van der Waals surface area contributed by atoms with Crippen LogP contribution in [-0.2, 0) is 16.8 Å². The molecule has 0 unspecified atom stereocenters. The third kappa shape index (κ3) is 10.6. The molecule has 0 aliphatic rings. The van der Waals surface area contributed by atoms with Crippen molar-refractivity contribution in [3.8, 4) is 0 Å². The number of rotatable bonds is 0. The maximum atomic E-state index is 0. The van der Waals surface area contributed by atoms with E-state index in [1.54, 1.807) is 0 Å². The summed E-state index contributed by atoms with van der Waals surface area (Å²) < 4.78 is 0. The third-order valence-electron chi connectivity index (χ3n) is 0. The molecule has 4 N–H and O–H groups in total. The Hall–Kier alpha value is 1.23. The van der Waals surface area contributed by atoms with Crippen molar-refractivity contribution in [2.24, 2.45) is 0 Å². The molecule has 0 atom stereocenters. The molecule has 0 aliphatic carbocycles. The zero-order valence-electron chi connectivity index (χ0n) is 1.33. The average Bonchev–Trinajstić information content (AvgIpc) is 0. The van der Waals surface area contributed by atoms with Gasteiger partial charge in [-0.1, -0.05) is 0 Å². The topological polar surface area (TPSA) is 63.0 Å². The van der Waals surface area contributed by atoms with Gasteiger partial charge in [0.1, 0.15) is 0 Å². The fraction of sp³-hybridized carbons (Fsp3) is 0. The van der Waals surface area contributed by atoms with Crippen LogP contribution in [0, 0.1) is 0 Å². The Morgan fingerprint density at radius 2 is 0.750 bits per heavy atom. The molecule has 33 valence electrons. The molecule has 0 bridgehead atoms. The molecular formula is H8CoO2Sn. The van der Waals surface area contributed by atoms with Crippen molar-refractivity contribution in [2.75, 3.05) is 0 Å². The Morgan fingerprint density at radius 3 is 0.750 bits per heavy atom. The van der Waals surface area contributed by atoms with E-state index in [-0.39, 0.29) is 51.6 Å². The average molecular weight is 218 g/mol. The summed E-state index contributed by atoms with van der Waals surface area (Å²) in [5.41, 5.74) is 0. The van der Waals surface area contributed by atoms with E-state index in [0.717, 1.165) is 0 Å². The van der Waals surface area contributed by atoms with Gasteiger partial charge in [-0.3, -0.25) is 0 Å². The van der Waals surface area contributed by atoms with Crippen LogP contribution in [0.1, 0.15) is 0 Å². The van der Waals surface area contributed by atoms with Crippen molar-refractivity contribution in [1.82, 2.24) is 0 Å². The van der Waals surface area contributed by atoms with Crippen LogP contribution in [0.3, 0.4) is 0 Å². The molecule has 0 aromatic rings. The van der Waals surface area contributed by atoms with Crippen LogP contribution in [0.15, 0.2) is 0 Å². The minimum absolute atomic E-state index is 0. The van der Waals surface area contributed by atoms with Crippen LogP contribution in [-0.4, -0.2) is 34.9 Å². The molecule has 0 heterocycles. The predicted molar refractivity (Wildman–Crippen MR) is 18.6 cm³/mol. The van der Waals surface area contributed by atoms with Gasteiger partial charge >= 0.3 is 23.9 Å². The Morgan fingerprint density at radius 1 is 0.750 bits per heavy atom. The van der Waals surface area contributed by atoms with Crippen molar-refractivity contribution >= 4 is 23.9 Å². The minimum atomic E-state index is 0. The Labute approximate surface area is 51.7 Å². The molecule has 0 aromatic heterocycles. The summed E-state index contributed by atoms with van der Waals surface area (Å²) in [5.74, 6) is 0. The number of hydrogen-bond acceptors (Lipinski definition) is 0. The van der Waals surface area contributed by atoms with E-state index in [9.17, 15) is 0 Å². The second-order valence-electron chi connectivity index (χ2n) is 0. The van der Waals surface area contributed by atoms with Gasteiger partial charge in [-0.05, 0) is 0 Å². The van der Waals surface area contributed by atoms with Crippen molar-refractivity contribution in [3.63, 3.8) is 0 Å². The van der Waals surface area contributed by atoms with Crippen LogP contribution in [0.2, 0.25) is 0 Å². The monoisotopic (exact) mass is 219 g/mol. The van der Waals surface area contributed by atoms with Gasteiger partial charge in [0.2, 0.25) is 0 Å². The first-order valence-electron chi connectivity index (χ1n) is 0. The summed E-state index contributed by atoms with van der Waals surface area (Å²) in [6, 6.07) is 0. The van der Waals surface area contributed by atoms with Crippen LogP contribution in [0.5, 0.6) is 0 Å². The van der Waals surface area contributed by atoms with E-state index in [2.05, 4.69) is 0 Å². The molecule has 0 spiro atoms. The van der Waals surface area contributed by atoms with E-state index in [4.69, 9.17) is 0 Å². The molecule has 2 nitrogen and oxygen atoms in total. The van der Waals surface area contributed by atoms with Crippen LogP contribution < -0.4 is 0 Å². The molecule has 1 radical (unpaired) electrons. The Balaban J connectivity index is 0. The van der Waals surface area contributed by atoms with Crippen molar-refractivity contribution in [2.45, 2.75) is 0 Å². The summed E-state index contributed by atoms with van der Waals surface area (Å²) in [6.07, 6.45) is 0. The Kier molecular flexibility index (Phi) is 455. The zero-order chi connectivity index (χ0) is 0. The van der Waals surface area contributed by atoms with Gasteiger partial charge in [0.05, 0.1) is 0 Å². The van der Waals surface area contributed by atoms with Crippen LogP contribution >= 0.6 is 0 Å². The van der Waals surface area contributed by atoms with E-state index < -0.39 is 0 Å². The predicted octanol–water partition coefficient (Wildman–Crippen LogP) is -3.10. The molecule has 0 aliphatic heterocycles. The van der Waals surface area contributed by atoms with E-state index in [1.807, 2.05) is 0 Å². The first-order valence-corrected chi connectivity index (χ1v) is 0. The Bertz CT molecular complexity index is 6.00. The first-order chi connectivity index (χ1) is 0. The van der Waals surface area contributed by atoms with Crippen molar-refractivity contribution in [3.05, 3.63) is 0 Å². The summed E-state index contributed by atoms with van der Waals surface area (Å²) in [5, 5.41) is 0. The maximum absolute atomic E-state index is 0. The van der Waals surface area contributed by atoms with Crippen LogP contribution in [0.25, 0.3) is 0 Å². The quantitative estimate of drug-likeness (QED) is 0.386. The van der Waals surface area contributed by atoms with E-state index >= 15 is 0 Å². The summed E-state index contributed by atoms with van der Waals surface area (Å²) >= 11 is 0. The van der Waals surface area contributed by atoms with Crippen molar-refractivity contribution < 1.29 is 27.7 Å². The van der Waals surface area contributed by atoms with Gasteiger partial charge < -0.3 is 11.0 Å². The standard InChI is InChI=1S/Co.2H2O.Sn.4H/h;2*1H2;;;;;. The van der Waals surface area contributed by atoms with E-state index in [0.29, 0.717) is 0 Å². The van der Waals surface area contributed by atoms with Crippen molar-refractivity contribution in [1.29, 1.82) is 0 Å². The fourth-order valence-corrected chi connectivity index (χ4v) is 0. The normalized spacial score (nSPS) is 0. The summed E-state index contributed by atoms with van der Waals surface area (Å²) in [4.78, 5) is 0. The zero-order valence-corrected chi connectivity index (χ0v) is 2.37. The molecule has 0 saturated carbocycles. The molecule has 0 fully saturated rings. The first kappa shape index (κ1) is 62.1. The van der Waals surface area contributed by atoms with Gasteiger partial charge in [0, 0.05) is 16.8 Å². The van der Waals surface area contributed by atoms with Crippen LogP contribution in [0.4, 0.5) is 0 Å². The molecule has 0 rings (SSSR count). The van der Waals surface area contributed by atoms with E-state index in [1.165, 1.54) is 0 Å². The fourth-order valence-electron chi connectivity index (χ4n) is 0. The number of hydrogen-bond donors (Lipinski definition) is 0. The molecule has 4 heteroatoms. The molecular weight excluding hydrogens is 210 g/mol. The second kappa shape index (κ2) is 29.3. The molecule has 0 amide bonds. The molecule has 4 heavy (non-hydrogen) atoms. The van der Waals surface area contributed by atoms with Gasteiger partial charge in [-0.25, -0.2) is 0 Å².